The number of hydrogen-bond acceptors (Lipinski definition) is 6. The number of non-ortho nitro benzene ring substituents is 1. The first-order chi connectivity index (χ1) is 13.0. The van der Waals surface area contributed by atoms with Gasteiger partial charge in [-0.05, 0) is 18.2 Å². The van der Waals surface area contributed by atoms with Crippen molar-refractivity contribution in [2.75, 3.05) is 12.4 Å². The van der Waals surface area contributed by atoms with Crippen LogP contribution in [0.2, 0.25) is 5.02 Å². The standard InChI is InChI=1S/C17H14ClN5O4/c1-27-16-7-6-13(23(25)26)8-14(16)19-17(24)10-22-9-15(20-21-22)11-2-4-12(18)5-3-11/h2-9H,10H2,1H3,(H,19,24). The van der Waals surface area contributed by atoms with Gasteiger partial charge in [-0.1, -0.05) is 28.9 Å². The molecule has 0 fully saturated rings. The number of ether oxygens (including phenoxy) is 1. The third kappa shape index (κ3) is 4.39. The van der Waals surface area contributed by atoms with Crippen LogP contribution in [0, 0.1) is 10.1 Å². The summed E-state index contributed by atoms with van der Waals surface area (Å²) in [6.07, 6.45) is 1.62. The van der Waals surface area contributed by atoms with E-state index >= 15 is 0 Å². The lowest BCUT2D eigenvalue weighted by atomic mass is 10.2. The Labute approximate surface area is 158 Å². The maximum absolute atomic E-state index is 12.3. The Morgan fingerprint density at radius 3 is 2.70 bits per heavy atom. The van der Waals surface area contributed by atoms with Gasteiger partial charge in [-0.25, -0.2) is 4.68 Å². The number of nitrogens with one attached hydrogen (secondary N) is 1. The highest BCUT2D eigenvalue weighted by atomic mass is 35.5. The van der Waals surface area contributed by atoms with Crippen molar-refractivity contribution < 1.29 is 14.5 Å². The molecule has 0 aliphatic rings. The van der Waals surface area contributed by atoms with Gasteiger partial charge in [-0.2, -0.15) is 0 Å². The molecule has 0 saturated heterocycles. The molecule has 1 heterocycles. The maximum atomic E-state index is 12.3. The summed E-state index contributed by atoms with van der Waals surface area (Å²) in [6.45, 7) is -0.119. The van der Waals surface area contributed by atoms with Crippen LogP contribution in [0.15, 0.2) is 48.7 Å². The van der Waals surface area contributed by atoms with E-state index in [1.165, 1.54) is 30.0 Å². The molecule has 2 aromatic carbocycles. The number of amides is 1. The third-order valence-corrected chi connectivity index (χ3v) is 3.90. The van der Waals surface area contributed by atoms with E-state index in [9.17, 15) is 14.9 Å². The molecule has 9 nitrogen and oxygen atoms in total. The lowest BCUT2D eigenvalue weighted by Crippen LogP contribution is -2.19. The number of nitro benzene ring substituents is 1. The molecule has 3 rings (SSSR count). The number of nitrogens with zero attached hydrogens (tertiary/aromatic N) is 4. The number of benzene rings is 2. The van der Waals surface area contributed by atoms with Crippen LogP contribution in [0.4, 0.5) is 11.4 Å². The summed E-state index contributed by atoms with van der Waals surface area (Å²) in [6, 6.07) is 11.0. The fraction of sp³-hybridized carbons (Fsp3) is 0.118. The van der Waals surface area contributed by atoms with Crippen molar-refractivity contribution in [3.05, 3.63) is 63.8 Å². The Hall–Kier alpha value is -3.46. The largest absolute Gasteiger partial charge is 0.495 e. The molecule has 10 heteroatoms. The van der Waals surface area contributed by atoms with Crippen molar-refractivity contribution >= 4 is 28.9 Å². The molecule has 0 radical (unpaired) electrons. The number of rotatable bonds is 6. The lowest BCUT2D eigenvalue weighted by molar-refractivity contribution is -0.384. The molecule has 0 saturated carbocycles. The van der Waals surface area contributed by atoms with Gasteiger partial charge in [0.05, 0.1) is 23.9 Å². The normalized spacial score (nSPS) is 10.4. The van der Waals surface area contributed by atoms with E-state index < -0.39 is 10.8 Å². The van der Waals surface area contributed by atoms with Crippen LogP contribution in [0.3, 0.4) is 0 Å². The van der Waals surface area contributed by atoms with E-state index in [-0.39, 0.29) is 17.9 Å². The molecule has 1 N–H and O–H groups in total. The van der Waals surface area contributed by atoms with Crippen LogP contribution in [-0.2, 0) is 11.3 Å². The molecule has 0 bridgehead atoms. The van der Waals surface area contributed by atoms with Gasteiger partial charge in [0.2, 0.25) is 5.91 Å². The van der Waals surface area contributed by atoms with E-state index in [0.717, 1.165) is 5.56 Å². The summed E-state index contributed by atoms with van der Waals surface area (Å²) in [4.78, 5) is 22.6. The molecular formula is C17H14ClN5O4. The zero-order valence-corrected chi connectivity index (χ0v) is 14.9. The molecule has 138 valence electrons. The predicted molar refractivity (Wildman–Crippen MR) is 98.7 cm³/mol. The van der Waals surface area contributed by atoms with Gasteiger partial charge in [-0.3, -0.25) is 14.9 Å². The van der Waals surface area contributed by atoms with E-state index in [1.807, 2.05) is 0 Å². The summed E-state index contributed by atoms with van der Waals surface area (Å²) in [5.74, 6) is -0.115. The summed E-state index contributed by atoms with van der Waals surface area (Å²) < 4.78 is 6.48. The minimum atomic E-state index is -0.551. The van der Waals surface area contributed by atoms with Crippen LogP contribution in [0.5, 0.6) is 5.75 Å². The van der Waals surface area contributed by atoms with Gasteiger partial charge >= 0.3 is 0 Å². The van der Waals surface area contributed by atoms with Crippen molar-refractivity contribution in [2.24, 2.45) is 0 Å². The highest BCUT2D eigenvalue weighted by Crippen LogP contribution is 2.28. The first-order valence-electron chi connectivity index (χ1n) is 7.74. The van der Waals surface area contributed by atoms with Crippen LogP contribution < -0.4 is 10.1 Å². The second kappa shape index (κ2) is 7.83. The first-order valence-corrected chi connectivity index (χ1v) is 8.12. The average Bonchev–Trinajstić information content (AvgIpc) is 3.10. The van der Waals surface area contributed by atoms with Crippen LogP contribution in [0.1, 0.15) is 0 Å². The number of nitro groups is 1. The summed E-state index contributed by atoms with van der Waals surface area (Å²) >= 11 is 5.86. The Kier molecular flexibility index (Phi) is 5.32. The zero-order valence-electron chi connectivity index (χ0n) is 14.1. The molecule has 1 amide bonds. The van der Waals surface area contributed by atoms with Gasteiger partial charge in [0.25, 0.3) is 5.69 Å². The molecule has 0 atom stereocenters. The van der Waals surface area contributed by atoms with Crippen molar-refractivity contribution in [2.45, 2.75) is 6.54 Å². The van der Waals surface area contributed by atoms with Crippen LogP contribution in [-0.4, -0.2) is 32.9 Å². The predicted octanol–water partition coefficient (Wildman–Crippen LogP) is 3.15. The van der Waals surface area contributed by atoms with Crippen LogP contribution in [0.25, 0.3) is 11.3 Å². The quantitative estimate of drug-likeness (QED) is 0.513. The van der Waals surface area contributed by atoms with Crippen LogP contribution >= 0.6 is 11.6 Å². The van der Waals surface area contributed by atoms with Crippen molar-refractivity contribution in [3.8, 4) is 17.0 Å². The van der Waals surface area contributed by atoms with Crippen molar-refractivity contribution in [1.29, 1.82) is 0 Å². The lowest BCUT2D eigenvalue weighted by Gasteiger charge is -2.09. The molecule has 3 aromatic rings. The Morgan fingerprint density at radius 2 is 2.04 bits per heavy atom. The highest BCUT2D eigenvalue weighted by molar-refractivity contribution is 6.30. The number of methoxy groups -OCH3 is 1. The summed E-state index contributed by atoms with van der Waals surface area (Å²) in [5.41, 5.74) is 1.45. The van der Waals surface area contributed by atoms with E-state index in [2.05, 4.69) is 15.6 Å². The topological polar surface area (TPSA) is 112 Å². The molecule has 1 aromatic heterocycles. The summed E-state index contributed by atoms with van der Waals surface area (Å²) in [5, 5.41) is 22.0. The van der Waals surface area contributed by atoms with Gasteiger partial charge in [0.15, 0.2) is 0 Å². The Balaban J connectivity index is 1.72. The van der Waals surface area contributed by atoms with Crippen molar-refractivity contribution in [1.82, 2.24) is 15.0 Å². The second-order valence-electron chi connectivity index (χ2n) is 5.50. The maximum Gasteiger partial charge on any atom is 0.271 e. The number of hydrogen-bond donors (Lipinski definition) is 1. The van der Waals surface area contributed by atoms with E-state index in [0.29, 0.717) is 16.5 Å². The zero-order chi connectivity index (χ0) is 19.4. The fourth-order valence-corrected chi connectivity index (χ4v) is 2.50. The number of aromatic nitrogens is 3. The number of halogens is 1. The molecule has 0 aliphatic carbocycles. The molecule has 0 spiro atoms. The highest BCUT2D eigenvalue weighted by Gasteiger charge is 2.14. The number of carbonyl (C=O) groups is 1. The fourth-order valence-electron chi connectivity index (χ4n) is 2.37. The van der Waals surface area contributed by atoms with E-state index in [1.54, 1.807) is 30.5 Å². The van der Waals surface area contributed by atoms with E-state index in [4.69, 9.17) is 16.3 Å². The molecule has 0 unspecified atom stereocenters. The Bertz CT molecular complexity index is 987. The SMILES string of the molecule is COc1ccc([N+](=O)[O-])cc1NC(=O)Cn1cc(-c2ccc(Cl)cc2)nn1. The molecule has 0 aliphatic heterocycles. The average molecular weight is 388 g/mol. The Morgan fingerprint density at radius 1 is 1.30 bits per heavy atom. The third-order valence-electron chi connectivity index (χ3n) is 3.65. The molecular weight excluding hydrogens is 374 g/mol. The van der Waals surface area contributed by atoms with Crippen molar-refractivity contribution in [3.63, 3.8) is 0 Å². The van der Waals surface area contributed by atoms with Gasteiger partial charge in [0.1, 0.15) is 18.0 Å². The van der Waals surface area contributed by atoms with Gasteiger partial charge in [0, 0.05) is 22.7 Å². The smallest absolute Gasteiger partial charge is 0.271 e. The summed E-state index contributed by atoms with van der Waals surface area (Å²) in [7, 11) is 1.41. The second-order valence-corrected chi connectivity index (χ2v) is 5.93. The minimum absolute atomic E-state index is 0.119. The number of carbonyl (C=O) groups excluding carboxylic acids is 1. The minimum Gasteiger partial charge on any atom is -0.495 e. The first kappa shape index (κ1) is 18.3. The van der Waals surface area contributed by atoms with Gasteiger partial charge < -0.3 is 10.1 Å². The van der Waals surface area contributed by atoms with Gasteiger partial charge in [-0.15, -0.1) is 5.10 Å². The monoisotopic (exact) mass is 387 g/mol. The molecule has 27 heavy (non-hydrogen) atoms. The number of anilines is 1.